The maximum atomic E-state index is 13.5. The minimum absolute atomic E-state index is 0.0442. The molecule has 0 radical (unpaired) electrons. The second-order valence-corrected chi connectivity index (χ2v) is 10.6. The molecule has 3 aliphatic heterocycles. The molecule has 1 aromatic carbocycles. The van der Waals surface area contributed by atoms with Crippen molar-refractivity contribution in [3.8, 4) is 5.75 Å². The second kappa shape index (κ2) is 13.5. The van der Waals surface area contributed by atoms with Crippen LogP contribution in [0.3, 0.4) is 0 Å². The Morgan fingerprint density at radius 3 is 2.67 bits per heavy atom. The number of rotatable bonds is 9. The summed E-state index contributed by atoms with van der Waals surface area (Å²) in [5.41, 5.74) is 1.50. The van der Waals surface area contributed by atoms with Gasteiger partial charge in [0.1, 0.15) is 6.33 Å². The molecule has 2 N–H and O–H groups in total. The van der Waals surface area contributed by atoms with Gasteiger partial charge in [0.2, 0.25) is 0 Å². The number of methoxy groups -OCH3 is 2. The van der Waals surface area contributed by atoms with E-state index in [0.29, 0.717) is 43.9 Å². The standard InChI is InChI=1S/C29H41N5O5/c1-36-25-18-38-16-13-23(25)33-21-11-14-34(15-12-21)29(35)26-27(37-2)28(32-19-31-26)30-17-22-9-6-10-24(39-22)20-7-4-3-5-8-20/h3-5,7-8,19,21-25,33H,6,9-18H2,1-2H3,(H,30,31,32)/t22-,23?,24+,25?/m1/s1. The van der Waals surface area contributed by atoms with E-state index in [4.69, 9.17) is 18.9 Å². The first-order chi connectivity index (χ1) is 19.2. The third-order valence-corrected chi connectivity index (χ3v) is 8.07. The summed E-state index contributed by atoms with van der Waals surface area (Å²) in [4.78, 5) is 24.0. The van der Waals surface area contributed by atoms with Crippen LogP contribution in [0.25, 0.3) is 0 Å². The molecule has 212 valence electrons. The predicted molar refractivity (Wildman–Crippen MR) is 147 cm³/mol. The first-order valence-electron chi connectivity index (χ1n) is 14.2. The molecule has 10 heteroatoms. The molecule has 1 amide bonds. The highest BCUT2D eigenvalue weighted by molar-refractivity contribution is 5.96. The lowest BCUT2D eigenvalue weighted by Gasteiger charge is -2.38. The van der Waals surface area contributed by atoms with Gasteiger partial charge in [0.25, 0.3) is 5.91 Å². The number of likely N-dealkylation sites (tertiary alicyclic amines) is 1. The molecule has 0 bridgehead atoms. The van der Waals surface area contributed by atoms with Gasteiger partial charge in [-0.15, -0.1) is 0 Å². The van der Waals surface area contributed by atoms with E-state index in [1.807, 2.05) is 23.1 Å². The van der Waals surface area contributed by atoms with E-state index in [9.17, 15) is 4.79 Å². The highest BCUT2D eigenvalue weighted by Crippen LogP contribution is 2.32. The molecule has 2 aromatic rings. The van der Waals surface area contributed by atoms with Gasteiger partial charge >= 0.3 is 0 Å². The highest BCUT2D eigenvalue weighted by Gasteiger charge is 2.32. The van der Waals surface area contributed by atoms with Gasteiger partial charge in [-0.1, -0.05) is 30.3 Å². The van der Waals surface area contributed by atoms with Gasteiger partial charge in [-0.3, -0.25) is 4.79 Å². The minimum Gasteiger partial charge on any atom is -0.491 e. The topological polar surface area (TPSA) is 107 Å². The normalized spacial score (nSPS) is 26.3. The molecule has 0 spiro atoms. The third kappa shape index (κ3) is 6.87. The summed E-state index contributed by atoms with van der Waals surface area (Å²) in [5.74, 6) is 0.765. The van der Waals surface area contributed by atoms with Crippen molar-refractivity contribution in [2.24, 2.45) is 0 Å². The summed E-state index contributed by atoms with van der Waals surface area (Å²) >= 11 is 0. The van der Waals surface area contributed by atoms with Crippen molar-refractivity contribution < 1.29 is 23.7 Å². The van der Waals surface area contributed by atoms with Crippen LogP contribution in [0.5, 0.6) is 5.75 Å². The van der Waals surface area contributed by atoms with E-state index < -0.39 is 0 Å². The van der Waals surface area contributed by atoms with E-state index in [1.54, 1.807) is 14.2 Å². The van der Waals surface area contributed by atoms with Gasteiger partial charge in [0.05, 0.1) is 32.0 Å². The molecule has 4 atom stereocenters. The Hall–Kier alpha value is -2.79. The Balaban J connectivity index is 1.16. The molecule has 10 nitrogen and oxygen atoms in total. The van der Waals surface area contributed by atoms with E-state index in [1.165, 1.54) is 11.9 Å². The van der Waals surface area contributed by atoms with Crippen molar-refractivity contribution in [3.63, 3.8) is 0 Å². The van der Waals surface area contributed by atoms with Crippen LogP contribution in [0.2, 0.25) is 0 Å². The molecule has 2 unspecified atom stereocenters. The molecule has 1 aromatic heterocycles. The first kappa shape index (κ1) is 27.8. The zero-order valence-corrected chi connectivity index (χ0v) is 23.0. The van der Waals surface area contributed by atoms with Crippen LogP contribution in [0.1, 0.15) is 60.7 Å². The Labute approximate surface area is 230 Å². The SMILES string of the molecule is COc1c(NC[C@H]2CCC[C@@H](c3ccccc3)O2)ncnc1C(=O)N1CCC(NC2CCOCC2OC)CC1. The number of nitrogens with one attached hydrogen (secondary N) is 2. The summed E-state index contributed by atoms with van der Waals surface area (Å²) in [6, 6.07) is 11.0. The second-order valence-electron chi connectivity index (χ2n) is 10.6. The van der Waals surface area contributed by atoms with Crippen molar-refractivity contribution in [3.05, 3.63) is 47.9 Å². The van der Waals surface area contributed by atoms with Crippen molar-refractivity contribution in [2.45, 2.75) is 68.9 Å². The molecular formula is C29H41N5O5. The summed E-state index contributed by atoms with van der Waals surface area (Å²) in [6.07, 6.45) is 7.41. The van der Waals surface area contributed by atoms with Crippen molar-refractivity contribution in [1.29, 1.82) is 0 Å². The Kier molecular flexibility index (Phi) is 9.62. The van der Waals surface area contributed by atoms with Crippen molar-refractivity contribution in [1.82, 2.24) is 20.2 Å². The zero-order valence-electron chi connectivity index (χ0n) is 23.0. The van der Waals surface area contributed by atoms with E-state index in [-0.39, 0.29) is 36.0 Å². The number of nitrogens with zero attached hydrogens (tertiary/aromatic N) is 3. The van der Waals surface area contributed by atoms with E-state index >= 15 is 0 Å². The van der Waals surface area contributed by atoms with Crippen LogP contribution in [0.4, 0.5) is 5.82 Å². The number of benzene rings is 1. The molecule has 0 saturated carbocycles. The summed E-state index contributed by atoms with van der Waals surface area (Å²) in [5, 5.41) is 7.10. The average molecular weight is 540 g/mol. The van der Waals surface area contributed by atoms with Gasteiger partial charge in [-0.05, 0) is 44.1 Å². The first-order valence-corrected chi connectivity index (χ1v) is 14.2. The molecule has 5 rings (SSSR count). The van der Waals surface area contributed by atoms with Gasteiger partial charge in [-0.25, -0.2) is 9.97 Å². The fourth-order valence-corrected chi connectivity index (χ4v) is 5.85. The number of piperidine rings is 1. The highest BCUT2D eigenvalue weighted by atomic mass is 16.5. The molecule has 4 heterocycles. The lowest BCUT2D eigenvalue weighted by molar-refractivity contribution is -0.0533. The maximum absolute atomic E-state index is 13.5. The maximum Gasteiger partial charge on any atom is 0.276 e. The minimum atomic E-state index is -0.130. The van der Waals surface area contributed by atoms with Crippen LogP contribution in [-0.2, 0) is 14.2 Å². The zero-order chi connectivity index (χ0) is 27.0. The number of amides is 1. The van der Waals surface area contributed by atoms with Crippen molar-refractivity contribution >= 4 is 11.7 Å². The molecule has 3 fully saturated rings. The summed E-state index contributed by atoms with van der Waals surface area (Å²) in [6.45, 7) is 3.26. The van der Waals surface area contributed by atoms with Crippen LogP contribution in [-0.4, -0.2) is 92.1 Å². The molecule has 3 saturated heterocycles. The van der Waals surface area contributed by atoms with Gasteiger partial charge in [0, 0.05) is 45.4 Å². The van der Waals surface area contributed by atoms with Crippen LogP contribution in [0.15, 0.2) is 36.7 Å². The number of aromatic nitrogens is 2. The lowest BCUT2D eigenvalue weighted by Crippen LogP contribution is -2.54. The van der Waals surface area contributed by atoms with E-state index in [0.717, 1.165) is 45.1 Å². The number of ether oxygens (including phenoxy) is 4. The Morgan fingerprint density at radius 1 is 1.08 bits per heavy atom. The lowest BCUT2D eigenvalue weighted by atomic mass is 9.98. The van der Waals surface area contributed by atoms with Gasteiger partial charge in [0.15, 0.2) is 17.3 Å². The van der Waals surface area contributed by atoms with Gasteiger partial charge < -0.3 is 34.5 Å². The number of hydrogen-bond donors (Lipinski definition) is 2. The summed E-state index contributed by atoms with van der Waals surface area (Å²) < 4.78 is 23.2. The molecule has 0 aliphatic carbocycles. The quantitative estimate of drug-likeness (QED) is 0.497. The Morgan fingerprint density at radius 2 is 1.90 bits per heavy atom. The number of hydrogen-bond acceptors (Lipinski definition) is 9. The number of carbonyl (C=O) groups excluding carboxylic acids is 1. The average Bonchev–Trinajstić information content (AvgIpc) is 3.00. The van der Waals surface area contributed by atoms with Gasteiger partial charge in [-0.2, -0.15) is 0 Å². The largest absolute Gasteiger partial charge is 0.491 e. The van der Waals surface area contributed by atoms with E-state index in [2.05, 4.69) is 32.7 Å². The predicted octanol–water partition coefficient (Wildman–Crippen LogP) is 3.21. The Bertz CT molecular complexity index is 1070. The smallest absolute Gasteiger partial charge is 0.276 e. The van der Waals surface area contributed by atoms with Crippen LogP contribution >= 0.6 is 0 Å². The number of carbonyl (C=O) groups is 1. The van der Waals surface area contributed by atoms with Crippen LogP contribution < -0.4 is 15.4 Å². The fourth-order valence-electron chi connectivity index (χ4n) is 5.85. The number of anilines is 1. The molecule has 3 aliphatic rings. The third-order valence-electron chi connectivity index (χ3n) is 8.07. The fraction of sp³-hybridized carbons (Fsp3) is 0.621. The monoisotopic (exact) mass is 539 g/mol. The van der Waals surface area contributed by atoms with Crippen molar-refractivity contribution in [2.75, 3.05) is 52.4 Å². The summed E-state index contributed by atoms with van der Waals surface area (Å²) in [7, 11) is 3.29. The van der Waals surface area contributed by atoms with Crippen LogP contribution in [0, 0.1) is 0 Å². The molecule has 39 heavy (non-hydrogen) atoms. The molecular weight excluding hydrogens is 498 g/mol.